The highest BCUT2D eigenvalue weighted by Gasteiger charge is 2.19. The molecule has 0 heterocycles. The van der Waals surface area contributed by atoms with Crippen LogP contribution in [0.5, 0.6) is 11.5 Å². The van der Waals surface area contributed by atoms with Crippen LogP contribution in [0.2, 0.25) is 0 Å². The molecule has 1 atom stereocenters. The van der Waals surface area contributed by atoms with Gasteiger partial charge in [-0.05, 0) is 36.3 Å². The van der Waals surface area contributed by atoms with Gasteiger partial charge in [-0.15, -0.1) is 0 Å². The number of hydrogen-bond donors (Lipinski definition) is 0. The van der Waals surface area contributed by atoms with Gasteiger partial charge in [0.1, 0.15) is 17.6 Å². The van der Waals surface area contributed by atoms with Gasteiger partial charge in [0, 0.05) is 0 Å². The van der Waals surface area contributed by atoms with Gasteiger partial charge in [-0.25, -0.2) is 4.79 Å². The average Bonchev–Trinajstić information content (AvgIpc) is 2.50. The molecule has 0 aromatic heterocycles. The SMILES string of the molecule is C=C(C(=O)OC)[C@H](/C=C/C(C)C)Oc1ccc(OC)cc1. The van der Waals surface area contributed by atoms with Crippen LogP contribution in [-0.4, -0.2) is 26.3 Å². The second kappa shape index (κ2) is 8.15. The molecule has 0 bridgehead atoms. The Hall–Kier alpha value is -2.23. The van der Waals surface area contributed by atoms with Crippen molar-refractivity contribution in [3.63, 3.8) is 0 Å². The number of hydrogen-bond acceptors (Lipinski definition) is 4. The van der Waals surface area contributed by atoms with E-state index >= 15 is 0 Å². The normalized spacial score (nSPS) is 12.2. The molecule has 0 fully saturated rings. The van der Waals surface area contributed by atoms with Crippen molar-refractivity contribution < 1.29 is 19.0 Å². The summed E-state index contributed by atoms with van der Waals surface area (Å²) < 4.78 is 15.6. The molecule has 0 amide bonds. The van der Waals surface area contributed by atoms with E-state index in [2.05, 4.69) is 6.58 Å². The third kappa shape index (κ3) is 5.34. The van der Waals surface area contributed by atoms with E-state index in [1.807, 2.05) is 26.0 Å². The number of benzene rings is 1. The van der Waals surface area contributed by atoms with Gasteiger partial charge < -0.3 is 14.2 Å². The number of rotatable bonds is 7. The molecule has 114 valence electrons. The summed E-state index contributed by atoms with van der Waals surface area (Å²) in [7, 11) is 2.92. The summed E-state index contributed by atoms with van der Waals surface area (Å²) in [6.45, 7) is 7.85. The highest BCUT2D eigenvalue weighted by Crippen LogP contribution is 2.21. The number of ether oxygens (including phenoxy) is 3. The third-order valence-corrected chi connectivity index (χ3v) is 2.78. The number of methoxy groups -OCH3 is 2. The molecule has 0 aliphatic rings. The Kier molecular flexibility index (Phi) is 6.53. The van der Waals surface area contributed by atoms with Gasteiger partial charge in [-0.2, -0.15) is 0 Å². The topological polar surface area (TPSA) is 44.8 Å². The lowest BCUT2D eigenvalue weighted by Crippen LogP contribution is -2.23. The van der Waals surface area contributed by atoms with Gasteiger partial charge in [0.15, 0.2) is 0 Å². The quantitative estimate of drug-likeness (QED) is 0.439. The Morgan fingerprint density at radius 2 is 1.67 bits per heavy atom. The van der Waals surface area contributed by atoms with Crippen molar-refractivity contribution in [3.8, 4) is 11.5 Å². The maximum Gasteiger partial charge on any atom is 0.337 e. The average molecular weight is 290 g/mol. The fraction of sp³-hybridized carbons (Fsp3) is 0.353. The van der Waals surface area contributed by atoms with Gasteiger partial charge >= 0.3 is 5.97 Å². The second-order valence-electron chi connectivity index (χ2n) is 4.86. The van der Waals surface area contributed by atoms with Gasteiger partial charge in [0.05, 0.1) is 19.8 Å². The minimum absolute atomic E-state index is 0.255. The largest absolute Gasteiger partial charge is 0.497 e. The molecule has 1 rings (SSSR count). The van der Waals surface area contributed by atoms with E-state index in [4.69, 9.17) is 14.2 Å². The molecule has 0 spiro atoms. The lowest BCUT2D eigenvalue weighted by atomic mass is 10.1. The predicted molar refractivity (Wildman–Crippen MR) is 82.5 cm³/mol. The van der Waals surface area contributed by atoms with Crippen LogP contribution in [0, 0.1) is 5.92 Å². The van der Waals surface area contributed by atoms with Crippen molar-refractivity contribution in [2.75, 3.05) is 14.2 Å². The van der Waals surface area contributed by atoms with Crippen molar-refractivity contribution in [2.45, 2.75) is 20.0 Å². The molecule has 0 aliphatic heterocycles. The molecule has 0 N–H and O–H groups in total. The van der Waals surface area contributed by atoms with E-state index in [-0.39, 0.29) is 5.57 Å². The van der Waals surface area contributed by atoms with Crippen LogP contribution >= 0.6 is 0 Å². The summed E-state index contributed by atoms with van der Waals surface area (Å²) in [6.07, 6.45) is 3.21. The zero-order valence-electron chi connectivity index (χ0n) is 13.0. The molecular weight excluding hydrogens is 268 g/mol. The highest BCUT2D eigenvalue weighted by molar-refractivity contribution is 5.89. The van der Waals surface area contributed by atoms with Crippen LogP contribution in [0.25, 0.3) is 0 Å². The maximum atomic E-state index is 11.6. The Labute approximate surface area is 126 Å². The fourth-order valence-corrected chi connectivity index (χ4v) is 1.60. The van der Waals surface area contributed by atoms with E-state index in [0.717, 1.165) is 5.75 Å². The first-order chi connectivity index (χ1) is 9.97. The van der Waals surface area contributed by atoms with Crippen LogP contribution in [-0.2, 0) is 9.53 Å². The standard InChI is InChI=1S/C17H22O4/c1-12(2)6-11-16(13(3)17(18)20-5)21-15-9-7-14(19-4)8-10-15/h6-12,16H,3H2,1-2,4-5H3/b11-6+/t16-/m0/s1. The van der Waals surface area contributed by atoms with E-state index in [0.29, 0.717) is 11.7 Å². The first kappa shape index (κ1) is 16.8. The van der Waals surface area contributed by atoms with Crippen LogP contribution in [0.15, 0.2) is 48.6 Å². The van der Waals surface area contributed by atoms with Crippen LogP contribution < -0.4 is 9.47 Å². The molecule has 4 nitrogen and oxygen atoms in total. The molecule has 4 heteroatoms. The lowest BCUT2D eigenvalue weighted by Gasteiger charge is -2.17. The molecular formula is C17H22O4. The first-order valence-corrected chi connectivity index (χ1v) is 6.74. The second-order valence-corrected chi connectivity index (χ2v) is 4.86. The van der Waals surface area contributed by atoms with E-state index in [1.165, 1.54) is 7.11 Å². The molecule has 21 heavy (non-hydrogen) atoms. The minimum Gasteiger partial charge on any atom is -0.497 e. The minimum atomic E-state index is -0.562. The third-order valence-electron chi connectivity index (χ3n) is 2.78. The van der Waals surface area contributed by atoms with E-state index in [1.54, 1.807) is 31.4 Å². The van der Waals surface area contributed by atoms with Crippen LogP contribution in [0.4, 0.5) is 0 Å². The van der Waals surface area contributed by atoms with Gasteiger partial charge in [-0.3, -0.25) is 0 Å². The zero-order valence-corrected chi connectivity index (χ0v) is 13.0. The number of esters is 1. The number of carbonyl (C=O) groups is 1. The van der Waals surface area contributed by atoms with Gasteiger partial charge in [0.2, 0.25) is 0 Å². The monoisotopic (exact) mass is 290 g/mol. The lowest BCUT2D eigenvalue weighted by molar-refractivity contribution is -0.136. The number of allylic oxidation sites excluding steroid dienone is 1. The van der Waals surface area contributed by atoms with Crippen LogP contribution in [0.1, 0.15) is 13.8 Å². The van der Waals surface area contributed by atoms with Crippen molar-refractivity contribution >= 4 is 5.97 Å². The van der Waals surface area contributed by atoms with Gasteiger partial charge in [-0.1, -0.05) is 26.5 Å². The molecule has 0 radical (unpaired) electrons. The first-order valence-electron chi connectivity index (χ1n) is 6.74. The molecule has 1 aromatic rings. The summed E-state index contributed by atoms with van der Waals surface area (Å²) in [5.41, 5.74) is 0.255. The van der Waals surface area contributed by atoms with Crippen molar-refractivity contribution in [1.82, 2.24) is 0 Å². The predicted octanol–water partition coefficient (Wildman–Crippen LogP) is 3.38. The Morgan fingerprint density at radius 1 is 1.10 bits per heavy atom. The molecule has 1 aromatic carbocycles. The Morgan fingerprint density at radius 3 is 2.14 bits per heavy atom. The summed E-state index contributed by atoms with van der Waals surface area (Å²) in [4.78, 5) is 11.6. The zero-order chi connectivity index (χ0) is 15.8. The number of carbonyl (C=O) groups excluding carboxylic acids is 1. The smallest absolute Gasteiger partial charge is 0.337 e. The van der Waals surface area contributed by atoms with E-state index in [9.17, 15) is 4.79 Å². The molecule has 0 saturated carbocycles. The van der Waals surface area contributed by atoms with Crippen molar-refractivity contribution in [3.05, 3.63) is 48.6 Å². The molecule has 0 unspecified atom stereocenters. The fourth-order valence-electron chi connectivity index (χ4n) is 1.60. The summed E-state index contributed by atoms with van der Waals surface area (Å²) >= 11 is 0. The van der Waals surface area contributed by atoms with Gasteiger partial charge in [0.25, 0.3) is 0 Å². The van der Waals surface area contributed by atoms with Crippen LogP contribution in [0.3, 0.4) is 0 Å². The molecule has 0 saturated heterocycles. The Bertz CT molecular complexity index is 500. The summed E-state index contributed by atoms with van der Waals surface area (Å²) in [5.74, 6) is 1.22. The van der Waals surface area contributed by atoms with Crippen molar-refractivity contribution in [2.24, 2.45) is 5.92 Å². The van der Waals surface area contributed by atoms with Crippen molar-refractivity contribution in [1.29, 1.82) is 0 Å². The highest BCUT2D eigenvalue weighted by atomic mass is 16.5. The summed E-state index contributed by atoms with van der Waals surface area (Å²) in [5, 5.41) is 0. The van der Waals surface area contributed by atoms with E-state index < -0.39 is 12.1 Å². The maximum absolute atomic E-state index is 11.6. The summed E-state index contributed by atoms with van der Waals surface area (Å²) in [6, 6.07) is 7.14. The Balaban J connectivity index is 2.89. The molecule has 0 aliphatic carbocycles.